The number of sulfonamides is 1. The van der Waals surface area contributed by atoms with Crippen molar-refractivity contribution in [3.8, 4) is 0 Å². The molecule has 6 heteroatoms. The van der Waals surface area contributed by atoms with Gasteiger partial charge in [0.2, 0.25) is 10.0 Å². The maximum atomic E-state index is 13.7. The molecule has 0 bridgehead atoms. The van der Waals surface area contributed by atoms with Crippen LogP contribution in [0.1, 0.15) is 36.6 Å². The minimum atomic E-state index is -3.72. The molecule has 0 unspecified atom stereocenters. The van der Waals surface area contributed by atoms with E-state index in [1.807, 2.05) is 24.3 Å². The zero-order chi connectivity index (χ0) is 17.0. The summed E-state index contributed by atoms with van der Waals surface area (Å²) in [4.78, 5) is 0. The lowest BCUT2D eigenvalue weighted by Gasteiger charge is -2.16. The first kappa shape index (κ1) is 17.9. The van der Waals surface area contributed by atoms with Crippen LogP contribution >= 0.6 is 11.6 Å². The van der Waals surface area contributed by atoms with Crippen molar-refractivity contribution in [2.45, 2.75) is 32.1 Å². The van der Waals surface area contributed by atoms with E-state index in [2.05, 4.69) is 11.6 Å². The molecule has 0 saturated carbocycles. The van der Waals surface area contributed by atoms with Crippen molar-refractivity contribution in [2.75, 3.05) is 0 Å². The van der Waals surface area contributed by atoms with E-state index in [0.717, 1.165) is 12.0 Å². The monoisotopic (exact) mass is 355 g/mol. The van der Waals surface area contributed by atoms with E-state index in [4.69, 9.17) is 11.6 Å². The largest absolute Gasteiger partial charge is 0.216 e. The third kappa shape index (κ3) is 4.77. The van der Waals surface area contributed by atoms with Crippen molar-refractivity contribution in [1.82, 2.24) is 4.72 Å². The van der Waals surface area contributed by atoms with Gasteiger partial charge in [-0.05, 0) is 36.6 Å². The van der Waals surface area contributed by atoms with Crippen LogP contribution in [-0.4, -0.2) is 8.42 Å². The minimum absolute atomic E-state index is 0.0183. The number of nitrogens with one attached hydrogen (secondary N) is 1. The van der Waals surface area contributed by atoms with E-state index in [1.54, 1.807) is 6.92 Å². The Morgan fingerprint density at radius 1 is 1.17 bits per heavy atom. The third-order valence-electron chi connectivity index (χ3n) is 3.64. The van der Waals surface area contributed by atoms with Gasteiger partial charge in [-0.15, -0.1) is 0 Å². The fourth-order valence-electron chi connectivity index (χ4n) is 2.28. The van der Waals surface area contributed by atoms with Gasteiger partial charge in [-0.25, -0.2) is 17.5 Å². The Morgan fingerprint density at radius 3 is 2.39 bits per heavy atom. The Hall–Kier alpha value is -1.43. The summed E-state index contributed by atoms with van der Waals surface area (Å²) in [6.45, 7) is 3.81. The second-order valence-corrected chi connectivity index (χ2v) is 7.56. The van der Waals surface area contributed by atoms with Gasteiger partial charge < -0.3 is 0 Å². The Labute approximate surface area is 141 Å². The lowest BCUT2D eigenvalue weighted by molar-refractivity contribution is 0.561. The topological polar surface area (TPSA) is 46.2 Å². The highest BCUT2D eigenvalue weighted by molar-refractivity contribution is 7.88. The SMILES string of the molecule is CCc1ccc([C@H](C)NS(=O)(=O)Cc2c(F)cccc2Cl)cc1. The maximum Gasteiger partial charge on any atom is 0.216 e. The molecule has 1 N–H and O–H groups in total. The normalized spacial score (nSPS) is 13.0. The molecule has 0 aliphatic heterocycles. The first-order chi connectivity index (χ1) is 10.8. The molecular weight excluding hydrogens is 337 g/mol. The van der Waals surface area contributed by atoms with Crippen LogP contribution in [0.4, 0.5) is 4.39 Å². The smallest absolute Gasteiger partial charge is 0.212 e. The van der Waals surface area contributed by atoms with Gasteiger partial charge in [0.25, 0.3) is 0 Å². The van der Waals surface area contributed by atoms with E-state index in [1.165, 1.54) is 23.8 Å². The van der Waals surface area contributed by atoms with Gasteiger partial charge in [0.05, 0.1) is 5.75 Å². The summed E-state index contributed by atoms with van der Waals surface area (Å²) in [5.74, 6) is -1.11. The molecule has 0 aromatic heterocycles. The molecule has 0 radical (unpaired) electrons. The van der Waals surface area contributed by atoms with Crippen molar-refractivity contribution in [3.05, 3.63) is 70.0 Å². The van der Waals surface area contributed by atoms with Crippen LogP contribution in [0, 0.1) is 5.82 Å². The van der Waals surface area contributed by atoms with E-state index >= 15 is 0 Å². The highest BCUT2D eigenvalue weighted by Gasteiger charge is 2.20. The lowest BCUT2D eigenvalue weighted by atomic mass is 10.1. The van der Waals surface area contributed by atoms with Crippen molar-refractivity contribution in [3.63, 3.8) is 0 Å². The second-order valence-electron chi connectivity index (χ2n) is 5.39. The van der Waals surface area contributed by atoms with Crippen LogP contribution in [0.2, 0.25) is 5.02 Å². The van der Waals surface area contributed by atoms with Crippen molar-refractivity contribution in [1.29, 1.82) is 0 Å². The second kappa shape index (κ2) is 7.43. The molecular formula is C17H19ClFNO2S. The van der Waals surface area contributed by atoms with Gasteiger partial charge in [-0.1, -0.05) is 48.9 Å². The fraction of sp³-hybridized carbons (Fsp3) is 0.294. The highest BCUT2D eigenvalue weighted by Crippen LogP contribution is 2.22. The highest BCUT2D eigenvalue weighted by atomic mass is 35.5. The van der Waals surface area contributed by atoms with Gasteiger partial charge in [0.15, 0.2) is 0 Å². The van der Waals surface area contributed by atoms with Gasteiger partial charge in [0.1, 0.15) is 5.82 Å². The average Bonchev–Trinajstić information content (AvgIpc) is 2.51. The molecule has 2 rings (SSSR count). The summed E-state index contributed by atoms with van der Waals surface area (Å²) in [5, 5.41) is 0.107. The number of hydrogen-bond donors (Lipinski definition) is 1. The molecule has 0 aliphatic rings. The van der Waals surface area contributed by atoms with E-state index < -0.39 is 27.6 Å². The van der Waals surface area contributed by atoms with Gasteiger partial charge in [-0.3, -0.25) is 0 Å². The Morgan fingerprint density at radius 2 is 1.83 bits per heavy atom. The van der Waals surface area contributed by atoms with Crippen LogP contribution in [-0.2, 0) is 22.2 Å². The van der Waals surface area contributed by atoms with Crippen LogP contribution in [0.5, 0.6) is 0 Å². The molecule has 0 spiro atoms. The minimum Gasteiger partial charge on any atom is -0.212 e. The molecule has 0 fully saturated rings. The van der Waals surface area contributed by atoms with E-state index in [-0.39, 0.29) is 10.6 Å². The number of hydrogen-bond acceptors (Lipinski definition) is 2. The Bertz CT molecular complexity index is 755. The molecule has 0 amide bonds. The third-order valence-corrected chi connectivity index (χ3v) is 5.38. The molecule has 2 aromatic rings. The predicted octanol–water partition coefficient (Wildman–Crippen LogP) is 4.22. The summed E-state index contributed by atoms with van der Waals surface area (Å²) in [5.41, 5.74) is 2.02. The fourth-order valence-corrected chi connectivity index (χ4v) is 4.02. The summed E-state index contributed by atoms with van der Waals surface area (Å²) < 4.78 is 40.9. The first-order valence-electron chi connectivity index (χ1n) is 7.34. The van der Waals surface area contributed by atoms with Gasteiger partial charge in [0, 0.05) is 16.6 Å². The lowest BCUT2D eigenvalue weighted by Crippen LogP contribution is -2.28. The maximum absolute atomic E-state index is 13.7. The first-order valence-corrected chi connectivity index (χ1v) is 9.37. The van der Waals surface area contributed by atoms with Crippen LogP contribution in [0.15, 0.2) is 42.5 Å². The molecule has 0 aliphatic carbocycles. The average molecular weight is 356 g/mol. The zero-order valence-electron chi connectivity index (χ0n) is 13.0. The van der Waals surface area contributed by atoms with Crippen molar-refractivity contribution < 1.29 is 12.8 Å². The summed E-state index contributed by atoms with van der Waals surface area (Å²) in [7, 11) is -3.72. The van der Waals surface area contributed by atoms with Crippen LogP contribution in [0.25, 0.3) is 0 Å². The molecule has 2 aromatic carbocycles. The molecule has 23 heavy (non-hydrogen) atoms. The number of halogens is 2. The molecule has 0 heterocycles. The molecule has 0 saturated heterocycles. The number of aryl methyl sites for hydroxylation is 1. The zero-order valence-corrected chi connectivity index (χ0v) is 14.6. The predicted molar refractivity (Wildman–Crippen MR) is 91.4 cm³/mol. The van der Waals surface area contributed by atoms with Crippen molar-refractivity contribution in [2.24, 2.45) is 0 Å². The Balaban J connectivity index is 2.13. The number of rotatable bonds is 6. The number of benzene rings is 2. The van der Waals surface area contributed by atoms with E-state index in [9.17, 15) is 12.8 Å². The molecule has 124 valence electrons. The van der Waals surface area contributed by atoms with E-state index in [0.29, 0.717) is 0 Å². The quantitative estimate of drug-likeness (QED) is 0.843. The Kier molecular flexibility index (Phi) is 5.79. The summed E-state index contributed by atoms with van der Waals surface area (Å²) >= 11 is 5.89. The van der Waals surface area contributed by atoms with Crippen LogP contribution < -0.4 is 4.72 Å². The summed E-state index contributed by atoms with van der Waals surface area (Å²) in [6, 6.07) is 11.4. The standard InChI is InChI=1S/C17H19ClFNO2S/c1-3-13-7-9-14(10-8-13)12(2)20-23(21,22)11-15-16(18)5-4-6-17(15)19/h4-10,12,20H,3,11H2,1-2H3/t12-/m0/s1. The van der Waals surface area contributed by atoms with Gasteiger partial charge in [-0.2, -0.15) is 0 Å². The summed E-state index contributed by atoms with van der Waals surface area (Å²) in [6.07, 6.45) is 0.923. The van der Waals surface area contributed by atoms with Gasteiger partial charge >= 0.3 is 0 Å². The molecule has 1 atom stereocenters. The van der Waals surface area contributed by atoms with Crippen LogP contribution in [0.3, 0.4) is 0 Å². The van der Waals surface area contributed by atoms with Crippen molar-refractivity contribution >= 4 is 21.6 Å². The molecule has 3 nitrogen and oxygen atoms in total.